The maximum Gasteiger partial charge on any atom is 0.238 e. The van der Waals surface area contributed by atoms with E-state index in [1.807, 2.05) is 23.1 Å². The van der Waals surface area contributed by atoms with Gasteiger partial charge >= 0.3 is 0 Å². The highest BCUT2D eigenvalue weighted by molar-refractivity contribution is 7.58. The highest BCUT2D eigenvalue weighted by Crippen LogP contribution is 2.38. The number of carbonyl (C=O) groups is 1. The van der Waals surface area contributed by atoms with Gasteiger partial charge < -0.3 is 10.4 Å². The Morgan fingerprint density at radius 2 is 2.40 bits per heavy atom. The van der Waals surface area contributed by atoms with Crippen molar-refractivity contribution in [2.24, 2.45) is 8.73 Å². The number of nitrogens with zero attached hydrogens (tertiary/aromatic N) is 3. The Morgan fingerprint density at radius 1 is 1.55 bits per heavy atom. The Bertz CT molecular complexity index is 623. The van der Waals surface area contributed by atoms with E-state index in [9.17, 15) is 9.90 Å². The zero-order chi connectivity index (χ0) is 14.2. The number of hydrogen-bond acceptors (Lipinski definition) is 5. The third kappa shape index (κ3) is 2.79. The van der Waals surface area contributed by atoms with Gasteiger partial charge in [-0.2, -0.15) is 8.73 Å². The summed E-state index contributed by atoms with van der Waals surface area (Å²) in [5.41, 5.74) is 1.52. The average Bonchev–Trinajstić information content (AvgIpc) is 2.96. The first-order chi connectivity index (χ1) is 9.53. The summed E-state index contributed by atoms with van der Waals surface area (Å²) in [6, 6.07) is 5.54. The number of aliphatic hydroxyl groups is 1. The number of β-amino-alcohol motifs (C(OH)–C–C–N with tert-alkyl or cyclic N) is 1. The van der Waals surface area contributed by atoms with Gasteiger partial charge in [-0.15, -0.1) is 0 Å². The third-order valence-electron chi connectivity index (χ3n) is 3.46. The first kappa shape index (κ1) is 13.4. The molecule has 1 unspecified atom stereocenters. The second-order valence-corrected chi connectivity index (χ2v) is 5.97. The van der Waals surface area contributed by atoms with E-state index in [0.717, 1.165) is 29.3 Å². The Hall–Kier alpha value is -1.57. The van der Waals surface area contributed by atoms with E-state index in [1.54, 1.807) is 6.92 Å². The standard InChI is InChI=1S/C13H16N4O2S/c1-13(19)5-6-17(8-13)7-11(18)14-9-3-2-4-10-12(9)16-20-15-10/h2-4,19H,5-8H2,1H3,(H,14,18). The lowest BCUT2D eigenvalue weighted by Gasteiger charge is -2.18. The van der Waals surface area contributed by atoms with Crippen LogP contribution in [0.15, 0.2) is 26.9 Å². The number of amides is 1. The van der Waals surface area contributed by atoms with Crippen molar-refractivity contribution in [3.63, 3.8) is 0 Å². The second kappa shape index (κ2) is 5.08. The molecule has 3 rings (SSSR count). The van der Waals surface area contributed by atoms with Crippen LogP contribution in [0.25, 0.3) is 0 Å². The van der Waals surface area contributed by atoms with Crippen molar-refractivity contribution < 1.29 is 9.90 Å². The Morgan fingerprint density at radius 3 is 3.15 bits per heavy atom. The number of hydrogen-bond donors (Lipinski definition) is 2. The molecule has 6 nitrogen and oxygen atoms in total. The molecule has 1 atom stereocenters. The van der Waals surface area contributed by atoms with Crippen molar-refractivity contribution in [1.29, 1.82) is 0 Å². The van der Waals surface area contributed by atoms with Crippen LogP contribution >= 0.6 is 0 Å². The molecule has 0 aliphatic carbocycles. The quantitative estimate of drug-likeness (QED) is 0.905. The molecule has 20 heavy (non-hydrogen) atoms. The predicted octanol–water partition coefficient (Wildman–Crippen LogP) is 1.81. The van der Waals surface area contributed by atoms with Gasteiger partial charge in [0, 0.05) is 13.1 Å². The van der Waals surface area contributed by atoms with Gasteiger partial charge in [0.1, 0.15) is 11.4 Å². The summed E-state index contributed by atoms with van der Waals surface area (Å²) in [5.74, 6) is -0.0943. The molecule has 1 aromatic rings. The van der Waals surface area contributed by atoms with E-state index in [-0.39, 0.29) is 12.5 Å². The number of nitrogens with one attached hydrogen (secondary N) is 1. The van der Waals surface area contributed by atoms with Crippen LogP contribution in [0.3, 0.4) is 0 Å². The second-order valence-electron chi connectivity index (χ2n) is 5.44. The van der Waals surface area contributed by atoms with E-state index in [2.05, 4.69) is 14.0 Å². The van der Waals surface area contributed by atoms with Crippen LogP contribution in [0.4, 0.5) is 17.1 Å². The van der Waals surface area contributed by atoms with E-state index in [1.165, 1.54) is 0 Å². The van der Waals surface area contributed by atoms with Crippen molar-refractivity contribution in [3.8, 4) is 0 Å². The highest BCUT2D eigenvalue weighted by Gasteiger charge is 2.32. The molecule has 1 aromatic carbocycles. The van der Waals surface area contributed by atoms with Gasteiger partial charge in [0.15, 0.2) is 0 Å². The zero-order valence-corrected chi connectivity index (χ0v) is 12.0. The first-order valence-corrected chi connectivity index (χ1v) is 7.22. The van der Waals surface area contributed by atoms with Crippen molar-refractivity contribution >= 4 is 34.3 Å². The van der Waals surface area contributed by atoms with E-state index in [4.69, 9.17) is 0 Å². The molecule has 1 saturated heterocycles. The van der Waals surface area contributed by atoms with Crippen molar-refractivity contribution in [2.45, 2.75) is 18.9 Å². The minimum Gasteiger partial charge on any atom is -0.389 e. The Balaban J connectivity index is 1.63. The smallest absolute Gasteiger partial charge is 0.238 e. The van der Waals surface area contributed by atoms with Crippen LogP contribution in [-0.4, -0.2) is 41.1 Å². The number of carbonyl (C=O) groups excluding carboxylic acids is 1. The molecule has 2 N–H and O–H groups in total. The van der Waals surface area contributed by atoms with Crippen molar-refractivity contribution in [2.75, 3.05) is 25.0 Å². The molecule has 2 heterocycles. The largest absolute Gasteiger partial charge is 0.389 e. The number of benzene rings is 1. The minimum absolute atomic E-state index is 0.0943. The van der Waals surface area contributed by atoms with Crippen LogP contribution in [-0.2, 0) is 16.1 Å². The summed E-state index contributed by atoms with van der Waals surface area (Å²) in [6.07, 6.45) is 0.700. The topological polar surface area (TPSA) is 77.3 Å². The molecule has 0 radical (unpaired) electrons. The molecule has 106 valence electrons. The summed E-state index contributed by atoms with van der Waals surface area (Å²) >= 11 is 1.13. The van der Waals surface area contributed by atoms with E-state index < -0.39 is 5.60 Å². The fourth-order valence-corrected chi connectivity index (χ4v) is 3.02. The van der Waals surface area contributed by atoms with Gasteiger partial charge in [0.25, 0.3) is 0 Å². The lowest BCUT2D eigenvalue weighted by molar-refractivity contribution is -0.117. The molecular formula is C13H16N4O2S. The molecule has 1 amide bonds. The molecule has 0 spiro atoms. The van der Waals surface area contributed by atoms with E-state index in [0.29, 0.717) is 18.7 Å². The lowest BCUT2D eigenvalue weighted by Crippen LogP contribution is -2.35. The first-order valence-electron chi connectivity index (χ1n) is 6.49. The Labute approximate surface area is 120 Å². The van der Waals surface area contributed by atoms with Gasteiger partial charge in [-0.1, -0.05) is 6.07 Å². The predicted molar refractivity (Wildman–Crippen MR) is 78.3 cm³/mol. The van der Waals surface area contributed by atoms with Gasteiger partial charge in [0.05, 0.1) is 29.2 Å². The van der Waals surface area contributed by atoms with Gasteiger partial charge in [-0.05, 0) is 25.5 Å². The maximum absolute atomic E-state index is 12.1. The van der Waals surface area contributed by atoms with Crippen molar-refractivity contribution in [1.82, 2.24) is 4.90 Å². The highest BCUT2D eigenvalue weighted by atomic mass is 32.1. The van der Waals surface area contributed by atoms with Crippen molar-refractivity contribution in [3.05, 3.63) is 18.2 Å². The number of likely N-dealkylation sites (tertiary alicyclic amines) is 1. The fraction of sp³-hybridized carbons (Fsp3) is 0.462. The molecule has 0 bridgehead atoms. The minimum atomic E-state index is -0.681. The van der Waals surface area contributed by atoms with Crippen LogP contribution in [0, 0.1) is 0 Å². The summed E-state index contributed by atoms with van der Waals surface area (Å²) in [7, 11) is 0. The van der Waals surface area contributed by atoms with Crippen LogP contribution < -0.4 is 5.32 Å². The molecule has 0 saturated carbocycles. The average molecular weight is 292 g/mol. The third-order valence-corrected chi connectivity index (χ3v) is 4.00. The van der Waals surface area contributed by atoms with Crippen LogP contribution in [0.1, 0.15) is 13.3 Å². The summed E-state index contributed by atoms with van der Waals surface area (Å²) in [4.78, 5) is 14.0. The molecule has 7 heteroatoms. The lowest BCUT2D eigenvalue weighted by atomic mass is 10.1. The summed E-state index contributed by atoms with van der Waals surface area (Å²) in [6.45, 7) is 3.35. The normalized spacial score (nSPS) is 24.5. The van der Waals surface area contributed by atoms with Gasteiger partial charge in [-0.25, -0.2) is 0 Å². The number of anilines is 1. The van der Waals surface area contributed by atoms with Gasteiger partial charge in [0.2, 0.25) is 5.91 Å². The molecule has 2 aliphatic heterocycles. The van der Waals surface area contributed by atoms with E-state index >= 15 is 0 Å². The fourth-order valence-electron chi connectivity index (χ4n) is 2.47. The summed E-state index contributed by atoms with van der Waals surface area (Å²) < 4.78 is 8.33. The zero-order valence-electron chi connectivity index (χ0n) is 11.2. The maximum atomic E-state index is 12.1. The van der Waals surface area contributed by atoms with Crippen LogP contribution in [0.2, 0.25) is 0 Å². The summed E-state index contributed by atoms with van der Waals surface area (Å²) in [5, 5.41) is 12.8. The molecule has 0 aromatic heterocycles. The molecular weight excluding hydrogens is 276 g/mol. The Kier molecular flexibility index (Phi) is 3.41. The molecule has 1 fully saturated rings. The molecule has 2 aliphatic rings. The van der Waals surface area contributed by atoms with Crippen LogP contribution in [0.5, 0.6) is 0 Å². The number of fused-ring (bicyclic) bond motifs is 1. The van der Waals surface area contributed by atoms with Gasteiger partial charge in [-0.3, -0.25) is 9.69 Å². The SMILES string of the molecule is CC1(O)CCN(CC(=O)Nc2cccc3c2N=S=N3)C1. The monoisotopic (exact) mass is 292 g/mol. The number of rotatable bonds is 3.